The normalized spacial score (nSPS) is 10.6. The molecule has 20 heavy (non-hydrogen) atoms. The smallest absolute Gasteiger partial charge is 0.320 e. The minimum absolute atomic E-state index is 0.235. The zero-order valence-corrected chi connectivity index (χ0v) is 12.4. The van der Waals surface area contributed by atoms with E-state index in [9.17, 15) is 4.79 Å². The van der Waals surface area contributed by atoms with Crippen LogP contribution in [0.2, 0.25) is 0 Å². The van der Waals surface area contributed by atoms with Crippen molar-refractivity contribution in [2.24, 2.45) is 0 Å². The van der Waals surface area contributed by atoms with Crippen LogP contribution in [0.3, 0.4) is 0 Å². The fraction of sp³-hybridized carbons (Fsp3) is 0.188. The number of nitrogens with zero attached hydrogens (tertiary/aromatic N) is 1. The number of esters is 1. The molecule has 0 amide bonds. The van der Waals surface area contributed by atoms with E-state index in [4.69, 9.17) is 0 Å². The molecule has 2 aromatic rings. The SMILES string of the molecule is COC(=O)CN(C)Sc1ccc(-c2ccccc2)cc1. The first-order valence-corrected chi connectivity index (χ1v) is 7.08. The molecular weight excluding hydrogens is 270 g/mol. The average molecular weight is 287 g/mol. The second kappa shape index (κ2) is 7.12. The van der Waals surface area contributed by atoms with Gasteiger partial charge in [0.2, 0.25) is 0 Å². The van der Waals surface area contributed by atoms with Crippen molar-refractivity contribution in [3.05, 3.63) is 54.6 Å². The largest absolute Gasteiger partial charge is 0.468 e. The molecule has 0 aliphatic rings. The zero-order valence-electron chi connectivity index (χ0n) is 11.6. The van der Waals surface area contributed by atoms with Gasteiger partial charge in [0.05, 0.1) is 7.11 Å². The van der Waals surface area contributed by atoms with Gasteiger partial charge in [0, 0.05) is 4.90 Å². The van der Waals surface area contributed by atoms with Crippen LogP contribution in [-0.4, -0.2) is 31.0 Å². The highest BCUT2D eigenvalue weighted by atomic mass is 32.2. The fourth-order valence-corrected chi connectivity index (χ4v) is 2.59. The maximum absolute atomic E-state index is 11.2. The summed E-state index contributed by atoms with van der Waals surface area (Å²) in [4.78, 5) is 12.3. The third kappa shape index (κ3) is 4.11. The first-order chi connectivity index (χ1) is 9.69. The van der Waals surface area contributed by atoms with Crippen molar-refractivity contribution in [1.82, 2.24) is 4.31 Å². The van der Waals surface area contributed by atoms with Crippen LogP contribution < -0.4 is 0 Å². The quantitative estimate of drug-likeness (QED) is 0.622. The molecule has 0 saturated heterocycles. The van der Waals surface area contributed by atoms with Gasteiger partial charge in [0.25, 0.3) is 0 Å². The van der Waals surface area contributed by atoms with Gasteiger partial charge in [-0.25, -0.2) is 4.31 Å². The second-order valence-corrected chi connectivity index (χ2v) is 5.62. The van der Waals surface area contributed by atoms with E-state index in [1.54, 1.807) is 0 Å². The maximum atomic E-state index is 11.2. The summed E-state index contributed by atoms with van der Waals surface area (Å²) in [6.45, 7) is 0.265. The van der Waals surface area contributed by atoms with Gasteiger partial charge in [-0.1, -0.05) is 42.5 Å². The number of hydrogen-bond donors (Lipinski definition) is 0. The van der Waals surface area contributed by atoms with Gasteiger partial charge in [0.15, 0.2) is 0 Å². The summed E-state index contributed by atoms with van der Waals surface area (Å²) in [5.41, 5.74) is 2.39. The molecule has 3 nitrogen and oxygen atoms in total. The topological polar surface area (TPSA) is 29.5 Å². The highest BCUT2D eigenvalue weighted by Gasteiger charge is 2.07. The number of carbonyl (C=O) groups excluding carboxylic acids is 1. The van der Waals surface area contributed by atoms with E-state index >= 15 is 0 Å². The number of carbonyl (C=O) groups is 1. The van der Waals surface area contributed by atoms with Gasteiger partial charge >= 0.3 is 5.97 Å². The Labute approximate surface area is 123 Å². The van der Waals surface area contributed by atoms with Crippen LogP contribution in [0.15, 0.2) is 59.5 Å². The molecule has 0 radical (unpaired) electrons. The van der Waals surface area contributed by atoms with Crippen molar-refractivity contribution in [2.45, 2.75) is 4.90 Å². The van der Waals surface area contributed by atoms with Crippen molar-refractivity contribution >= 4 is 17.9 Å². The molecule has 0 aromatic heterocycles. The molecule has 0 aliphatic heterocycles. The van der Waals surface area contributed by atoms with Crippen LogP contribution in [0, 0.1) is 0 Å². The van der Waals surface area contributed by atoms with Gasteiger partial charge in [-0.05, 0) is 42.3 Å². The number of rotatable bonds is 5. The van der Waals surface area contributed by atoms with Crippen molar-refractivity contribution in [3.8, 4) is 11.1 Å². The van der Waals surface area contributed by atoms with Crippen molar-refractivity contribution < 1.29 is 9.53 Å². The van der Waals surface area contributed by atoms with Gasteiger partial charge < -0.3 is 4.74 Å². The van der Waals surface area contributed by atoms with E-state index in [1.807, 2.05) is 29.6 Å². The maximum Gasteiger partial charge on any atom is 0.320 e. The minimum atomic E-state index is -0.235. The number of likely N-dealkylation sites (N-methyl/N-ethyl adjacent to an activating group) is 1. The predicted octanol–water partition coefficient (Wildman–Crippen LogP) is 3.47. The Hall–Kier alpha value is -1.78. The second-order valence-electron chi connectivity index (χ2n) is 4.34. The summed E-state index contributed by atoms with van der Waals surface area (Å²) in [5.74, 6) is -0.235. The Bertz CT molecular complexity index is 554. The number of hydrogen-bond acceptors (Lipinski definition) is 4. The lowest BCUT2D eigenvalue weighted by Crippen LogP contribution is -2.20. The third-order valence-corrected chi connectivity index (χ3v) is 3.73. The van der Waals surface area contributed by atoms with Crippen LogP contribution in [0.4, 0.5) is 0 Å². The molecule has 0 unspecified atom stereocenters. The molecule has 0 saturated carbocycles. The fourth-order valence-electron chi connectivity index (χ4n) is 1.80. The van der Waals surface area contributed by atoms with Gasteiger partial charge in [0.1, 0.15) is 6.54 Å². The van der Waals surface area contributed by atoms with E-state index in [0.29, 0.717) is 0 Å². The molecule has 2 rings (SSSR count). The number of ether oxygens (including phenoxy) is 1. The third-order valence-electron chi connectivity index (χ3n) is 2.80. The summed E-state index contributed by atoms with van der Waals surface area (Å²) >= 11 is 1.52. The Morgan fingerprint density at radius 3 is 2.25 bits per heavy atom. The number of methoxy groups -OCH3 is 1. The molecular formula is C16H17NO2S. The Kier molecular flexibility index (Phi) is 5.21. The van der Waals surface area contributed by atoms with E-state index in [0.717, 1.165) is 4.90 Å². The molecule has 2 aromatic carbocycles. The highest BCUT2D eigenvalue weighted by Crippen LogP contribution is 2.25. The zero-order chi connectivity index (χ0) is 14.4. The minimum Gasteiger partial charge on any atom is -0.468 e. The average Bonchev–Trinajstić information content (AvgIpc) is 2.48. The van der Waals surface area contributed by atoms with E-state index in [-0.39, 0.29) is 12.5 Å². The first-order valence-electron chi connectivity index (χ1n) is 6.30. The van der Waals surface area contributed by atoms with Crippen molar-refractivity contribution in [2.75, 3.05) is 20.7 Å². The Morgan fingerprint density at radius 2 is 1.65 bits per heavy atom. The van der Waals surface area contributed by atoms with E-state index in [1.165, 1.54) is 30.2 Å². The molecule has 0 atom stereocenters. The standard InChI is InChI=1S/C16H17NO2S/c1-17(12-16(18)19-2)20-15-10-8-14(9-11-15)13-6-4-3-5-7-13/h3-11H,12H2,1-2H3. The lowest BCUT2D eigenvalue weighted by atomic mass is 10.1. The molecule has 0 N–H and O–H groups in total. The highest BCUT2D eigenvalue weighted by molar-refractivity contribution is 7.97. The Morgan fingerprint density at radius 1 is 1.05 bits per heavy atom. The molecule has 0 spiro atoms. The Balaban J connectivity index is 2.00. The monoisotopic (exact) mass is 287 g/mol. The van der Waals surface area contributed by atoms with Crippen LogP contribution in [0.1, 0.15) is 0 Å². The lowest BCUT2D eigenvalue weighted by molar-refractivity contribution is -0.140. The molecule has 0 fully saturated rings. The molecule has 4 heteroatoms. The van der Waals surface area contributed by atoms with Crippen molar-refractivity contribution in [3.63, 3.8) is 0 Å². The summed E-state index contributed by atoms with van der Waals surface area (Å²) in [6.07, 6.45) is 0. The molecule has 0 aliphatic carbocycles. The van der Waals surface area contributed by atoms with Gasteiger partial charge in [-0.2, -0.15) is 0 Å². The summed E-state index contributed by atoms with van der Waals surface area (Å²) < 4.78 is 6.49. The van der Waals surface area contributed by atoms with Crippen LogP contribution in [0.25, 0.3) is 11.1 Å². The van der Waals surface area contributed by atoms with E-state index < -0.39 is 0 Å². The molecule has 0 bridgehead atoms. The molecule has 104 valence electrons. The van der Waals surface area contributed by atoms with Gasteiger partial charge in [-0.3, -0.25) is 4.79 Å². The molecule has 0 heterocycles. The predicted molar refractivity (Wildman–Crippen MR) is 82.4 cm³/mol. The summed E-state index contributed by atoms with van der Waals surface area (Å²) in [5, 5.41) is 0. The van der Waals surface area contributed by atoms with E-state index in [2.05, 4.69) is 41.1 Å². The van der Waals surface area contributed by atoms with Crippen molar-refractivity contribution in [1.29, 1.82) is 0 Å². The first kappa shape index (κ1) is 14.6. The lowest BCUT2D eigenvalue weighted by Gasteiger charge is -2.14. The van der Waals surface area contributed by atoms with Crippen LogP contribution >= 0.6 is 11.9 Å². The van der Waals surface area contributed by atoms with Gasteiger partial charge in [-0.15, -0.1) is 0 Å². The van der Waals surface area contributed by atoms with Crippen LogP contribution in [0.5, 0.6) is 0 Å². The van der Waals surface area contributed by atoms with Crippen LogP contribution in [-0.2, 0) is 9.53 Å². The summed E-state index contributed by atoms with van der Waals surface area (Å²) in [6, 6.07) is 18.5. The number of benzene rings is 2. The summed E-state index contributed by atoms with van der Waals surface area (Å²) in [7, 11) is 3.27.